The molecule has 0 aromatic heterocycles. The Bertz CT molecular complexity index is 1360. The van der Waals surface area contributed by atoms with E-state index in [-0.39, 0.29) is 34.6 Å². The van der Waals surface area contributed by atoms with E-state index in [1.54, 1.807) is 37.3 Å². The first-order valence-corrected chi connectivity index (χ1v) is 11.0. The van der Waals surface area contributed by atoms with Gasteiger partial charge in [-0.3, -0.25) is 0 Å². The smallest absolute Gasteiger partial charge is 0.167 e. The molecule has 0 radical (unpaired) electrons. The maximum absolute atomic E-state index is 14.6. The number of rotatable bonds is 7. The second-order valence-electron chi connectivity index (χ2n) is 7.87. The summed E-state index contributed by atoms with van der Waals surface area (Å²) >= 11 is 0. The van der Waals surface area contributed by atoms with Crippen molar-refractivity contribution in [1.29, 1.82) is 0 Å². The monoisotopic (exact) mass is 478 g/mol. The van der Waals surface area contributed by atoms with E-state index in [2.05, 4.69) is 0 Å². The van der Waals surface area contributed by atoms with Crippen LogP contribution in [0, 0.1) is 23.3 Å². The summed E-state index contributed by atoms with van der Waals surface area (Å²) in [6, 6.07) is 18.4. The van der Waals surface area contributed by atoms with Crippen LogP contribution in [0.2, 0.25) is 0 Å². The van der Waals surface area contributed by atoms with E-state index in [0.29, 0.717) is 23.3 Å². The Balaban J connectivity index is 1.54. The number of phenolic OH excluding ortho intramolecular Hbond substituents is 1. The molecular weight excluding hydrogens is 456 g/mol. The van der Waals surface area contributed by atoms with Gasteiger partial charge in [0.25, 0.3) is 0 Å². The molecule has 0 amide bonds. The average molecular weight is 478 g/mol. The number of hydrogen-bond acceptors (Lipinski definition) is 2. The van der Waals surface area contributed by atoms with Crippen LogP contribution in [0.15, 0.2) is 72.8 Å². The molecule has 0 bridgehead atoms. The van der Waals surface area contributed by atoms with E-state index in [1.165, 1.54) is 54.6 Å². The summed E-state index contributed by atoms with van der Waals surface area (Å²) in [4.78, 5) is 0. The highest BCUT2D eigenvalue weighted by Crippen LogP contribution is 2.30. The van der Waals surface area contributed by atoms with Gasteiger partial charge in [-0.05, 0) is 35.7 Å². The molecule has 0 saturated heterocycles. The number of ether oxygens (including phenoxy) is 1. The topological polar surface area (TPSA) is 29.5 Å². The van der Waals surface area contributed by atoms with Crippen LogP contribution in [0.3, 0.4) is 0 Å². The van der Waals surface area contributed by atoms with Crippen LogP contribution in [0.5, 0.6) is 5.75 Å². The quantitative estimate of drug-likeness (QED) is 0.215. The standard InChI is InChI=1S/C29H22F4O2/c1-2-35-17-22-12-16-25(29(33)27(22)31)19-6-3-18(4-7-19)5-8-21-11-15-24(28(32)26(21)30)20-9-13-23(34)14-10-20/h3-16,34H,2,17H2,1H3/b8-5+. The second kappa shape index (κ2) is 10.6. The zero-order valence-corrected chi connectivity index (χ0v) is 18.9. The third kappa shape index (κ3) is 5.28. The molecule has 0 aliphatic carbocycles. The molecule has 0 atom stereocenters. The molecule has 0 aliphatic rings. The summed E-state index contributed by atoms with van der Waals surface area (Å²) in [5.41, 5.74) is 2.02. The van der Waals surface area contributed by atoms with Gasteiger partial charge in [0, 0.05) is 28.9 Å². The number of aromatic hydroxyl groups is 1. The normalized spacial score (nSPS) is 11.3. The van der Waals surface area contributed by atoms with Crippen molar-refractivity contribution in [2.24, 2.45) is 0 Å². The van der Waals surface area contributed by atoms with Crippen molar-refractivity contribution in [3.05, 3.63) is 113 Å². The first kappa shape index (κ1) is 24.2. The molecule has 178 valence electrons. The predicted molar refractivity (Wildman–Crippen MR) is 130 cm³/mol. The summed E-state index contributed by atoms with van der Waals surface area (Å²) < 4.78 is 63.3. The van der Waals surface area contributed by atoms with Crippen molar-refractivity contribution in [3.63, 3.8) is 0 Å². The zero-order chi connectivity index (χ0) is 24.9. The minimum Gasteiger partial charge on any atom is -0.508 e. The van der Waals surface area contributed by atoms with Gasteiger partial charge in [0.05, 0.1) is 6.61 Å². The molecule has 2 nitrogen and oxygen atoms in total. The van der Waals surface area contributed by atoms with Gasteiger partial charge in [0.15, 0.2) is 23.3 Å². The van der Waals surface area contributed by atoms with Gasteiger partial charge in [0.1, 0.15) is 5.75 Å². The summed E-state index contributed by atoms with van der Waals surface area (Å²) in [5, 5.41) is 9.38. The van der Waals surface area contributed by atoms with E-state index in [1.807, 2.05) is 0 Å². The fourth-order valence-electron chi connectivity index (χ4n) is 3.65. The average Bonchev–Trinajstić information content (AvgIpc) is 2.87. The number of phenols is 1. The Morgan fingerprint density at radius 1 is 0.657 bits per heavy atom. The summed E-state index contributed by atoms with van der Waals surface area (Å²) in [6.07, 6.45) is 3.04. The van der Waals surface area contributed by atoms with E-state index >= 15 is 0 Å². The van der Waals surface area contributed by atoms with E-state index in [0.717, 1.165) is 0 Å². The molecule has 0 spiro atoms. The second-order valence-corrected chi connectivity index (χ2v) is 7.87. The van der Waals surface area contributed by atoms with Gasteiger partial charge in [-0.2, -0.15) is 0 Å². The van der Waals surface area contributed by atoms with Crippen LogP contribution in [0.4, 0.5) is 17.6 Å². The van der Waals surface area contributed by atoms with Crippen LogP contribution in [0.25, 0.3) is 34.4 Å². The maximum Gasteiger partial charge on any atom is 0.167 e. The molecular formula is C29H22F4O2. The fraction of sp³-hybridized carbons (Fsp3) is 0.103. The minimum atomic E-state index is -0.992. The van der Waals surface area contributed by atoms with Gasteiger partial charge in [0.2, 0.25) is 0 Å². The number of halogens is 4. The van der Waals surface area contributed by atoms with Gasteiger partial charge < -0.3 is 9.84 Å². The lowest BCUT2D eigenvalue weighted by Gasteiger charge is -2.09. The minimum absolute atomic E-state index is 0.00363. The van der Waals surface area contributed by atoms with Crippen molar-refractivity contribution in [3.8, 4) is 28.0 Å². The summed E-state index contributed by atoms with van der Waals surface area (Å²) in [7, 11) is 0. The molecule has 0 saturated carbocycles. The van der Waals surface area contributed by atoms with Gasteiger partial charge in [-0.15, -0.1) is 0 Å². The molecule has 1 N–H and O–H groups in total. The SMILES string of the molecule is CCOCc1ccc(-c2ccc(/C=C/c3ccc(-c4ccc(O)cc4)c(F)c3F)cc2)c(F)c1F. The lowest BCUT2D eigenvalue weighted by molar-refractivity contribution is 0.131. The Labute approximate surface area is 200 Å². The maximum atomic E-state index is 14.6. The Hall–Kier alpha value is -3.90. The Morgan fingerprint density at radius 2 is 1.23 bits per heavy atom. The number of hydrogen-bond donors (Lipinski definition) is 1. The van der Waals surface area contributed by atoms with E-state index in [9.17, 15) is 22.7 Å². The molecule has 0 unspecified atom stereocenters. The van der Waals surface area contributed by atoms with Gasteiger partial charge in [-0.25, -0.2) is 17.6 Å². The van der Waals surface area contributed by atoms with Crippen molar-refractivity contribution >= 4 is 12.2 Å². The van der Waals surface area contributed by atoms with Crippen molar-refractivity contribution in [1.82, 2.24) is 0 Å². The third-order valence-corrected chi connectivity index (χ3v) is 5.59. The molecule has 0 aliphatic heterocycles. The first-order valence-electron chi connectivity index (χ1n) is 11.0. The molecule has 4 aromatic carbocycles. The lowest BCUT2D eigenvalue weighted by atomic mass is 10.00. The van der Waals surface area contributed by atoms with Crippen LogP contribution in [-0.4, -0.2) is 11.7 Å². The largest absolute Gasteiger partial charge is 0.508 e. The van der Waals surface area contributed by atoms with Crippen molar-refractivity contribution in [2.45, 2.75) is 13.5 Å². The lowest BCUT2D eigenvalue weighted by Crippen LogP contribution is -2.00. The fourth-order valence-corrected chi connectivity index (χ4v) is 3.65. The highest BCUT2D eigenvalue weighted by atomic mass is 19.2. The Morgan fingerprint density at radius 3 is 1.86 bits per heavy atom. The molecule has 35 heavy (non-hydrogen) atoms. The first-order chi connectivity index (χ1) is 16.9. The third-order valence-electron chi connectivity index (χ3n) is 5.59. The summed E-state index contributed by atoms with van der Waals surface area (Å²) in [5.74, 6) is -3.83. The van der Waals surface area contributed by atoms with E-state index < -0.39 is 23.3 Å². The molecule has 4 aromatic rings. The van der Waals surface area contributed by atoms with Gasteiger partial charge in [-0.1, -0.05) is 72.8 Å². The van der Waals surface area contributed by atoms with E-state index in [4.69, 9.17) is 4.74 Å². The van der Waals surface area contributed by atoms with Crippen molar-refractivity contribution < 1.29 is 27.4 Å². The molecule has 0 fully saturated rings. The zero-order valence-electron chi connectivity index (χ0n) is 18.9. The van der Waals surface area contributed by atoms with Crippen LogP contribution in [-0.2, 0) is 11.3 Å². The Kier molecular flexibility index (Phi) is 7.32. The predicted octanol–water partition coefficient (Wildman–Crippen LogP) is 7.99. The van der Waals surface area contributed by atoms with Crippen LogP contribution < -0.4 is 0 Å². The molecule has 0 heterocycles. The highest BCUT2D eigenvalue weighted by Gasteiger charge is 2.15. The molecule has 4 rings (SSSR count). The van der Waals surface area contributed by atoms with Crippen molar-refractivity contribution in [2.75, 3.05) is 6.61 Å². The molecule has 6 heteroatoms. The van der Waals surface area contributed by atoms with Crippen LogP contribution >= 0.6 is 0 Å². The summed E-state index contributed by atoms with van der Waals surface area (Å²) in [6.45, 7) is 2.17. The van der Waals surface area contributed by atoms with Crippen LogP contribution in [0.1, 0.15) is 23.6 Å². The number of benzene rings is 4. The van der Waals surface area contributed by atoms with Gasteiger partial charge >= 0.3 is 0 Å². The highest BCUT2D eigenvalue weighted by molar-refractivity contribution is 5.74.